The largest absolute Gasteiger partial charge is 0.344 e. The van der Waals surface area contributed by atoms with Crippen LogP contribution in [-0.2, 0) is 22.6 Å². The van der Waals surface area contributed by atoms with E-state index < -0.39 is 11.9 Å². The van der Waals surface area contributed by atoms with E-state index in [0.717, 1.165) is 5.56 Å². The average molecular weight is 349 g/mol. The Hall–Kier alpha value is -3.28. The van der Waals surface area contributed by atoms with Crippen molar-refractivity contribution in [2.24, 2.45) is 0 Å². The number of ketones is 1. The highest BCUT2D eigenvalue weighted by Crippen LogP contribution is 2.06. The minimum Gasteiger partial charge on any atom is -0.344 e. The van der Waals surface area contributed by atoms with Crippen molar-refractivity contribution in [2.75, 3.05) is 0 Å². The fourth-order valence-electron chi connectivity index (χ4n) is 2.76. The van der Waals surface area contributed by atoms with Gasteiger partial charge in [-0.3, -0.25) is 19.0 Å². The van der Waals surface area contributed by atoms with E-state index in [4.69, 9.17) is 0 Å². The lowest BCUT2D eigenvalue weighted by Crippen LogP contribution is -2.43. The van der Waals surface area contributed by atoms with Gasteiger partial charge in [0.15, 0.2) is 5.78 Å². The Balaban J connectivity index is 1.74. The van der Waals surface area contributed by atoms with E-state index in [0.29, 0.717) is 17.3 Å². The topological polar surface area (TPSA) is 81.1 Å². The number of aromatic nitrogens is 2. The maximum absolute atomic E-state index is 12.5. The summed E-state index contributed by atoms with van der Waals surface area (Å²) < 4.78 is 1.25. The Morgan fingerprint density at radius 3 is 2.50 bits per heavy atom. The van der Waals surface area contributed by atoms with Crippen LogP contribution in [0.1, 0.15) is 12.5 Å². The van der Waals surface area contributed by atoms with Crippen molar-refractivity contribution in [1.82, 2.24) is 14.9 Å². The highest BCUT2D eigenvalue weighted by molar-refractivity contribution is 5.87. The lowest BCUT2D eigenvalue weighted by atomic mass is 10.0. The number of carbonyl (C=O) groups excluding carboxylic acids is 2. The molecule has 0 aliphatic heterocycles. The molecule has 1 N–H and O–H groups in total. The van der Waals surface area contributed by atoms with Gasteiger partial charge < -0.3 is 5.32 Å². The molecule has 0 aliphatic rings. The maximum Gasteiger partial charge on any atom is 0.261 e. The molecule has 1 heterocycles. The summed E-state index contributed by atoms with van der Waals surface area (Å²) in [5.74, 6) is -0.536. The van der Waals surface area contributed by atoms with Crippen molar-refractivity contribution in [3.63, 3.8) is 0 Å². The van der Waals surface area contributed by atoms with E-state index in [1.807, 2.05) is 30.3 Å². The SMILES string of the molecule is CC(=O)[C@H](Cc1ccccc1)NC(=O)Cn1cnc2ccccc2c1=O. The molecule has 1 amide bonds. The van der Waals surface area contributed by atoms with Crippen LogP contribution >= 0.6 is 0 Å². The van der Waals surface area contributed by atoms with Crippen molar-refractivity contribution >= 4 is 22.6 Å². The summed E-state index contributed by atoms with van der Waals surface area (Å²) in [6, 6.07) is 15.8. The molecule has 3 rings (SSSR count). The Morgan fingerprint density at radius 2 is 1.77 bits per heavy atom. The second-order valence-corrected chi connectivity index (χ2v) is 6.12. The Bertz CT molecular complexity index is 996. The monoisotopic (exact) mass is 349 g/mol. The second-order valence-electron chi connectivity index (χ2n) is 6.12. The second kappa shape index (κ2) is 7.74. The van der Waals surface area contributed by atoms with Crippen LogP contribution in [0.25, 0.3) is 10.9 Å². The number of carbonyl (C=O) groups is 2. The number of rotatable bonds is 6. The number of fused-ring (bicyclic) bond motifs is 1. The van der Waals surface area contributed by atoms with E-state index >= 15 is 0 Å². The van der Waals surface area contributed by atoms with Gasteiger partial charge in [-0.15, -0.1) is 0 Å². The summed E-state index contributed by atoms with van der Waals surface area (Å²) in [6.45, 7) is 1.26. The fraction of sp³-hybridized carbons (Fsp3) is 0.200. The summed E-state index contributed by atoms with van der Waals surface area (Å²) in [6.07, 6.45) is 1.76. The van der Waals surface area contributed by atoms with Crippen LogP contribution in [0.2, 0.25) is 0 Å². The molecule has 2 aromatic carbocycles. The van der Waals surface area contributed by atoms with Gasteiger partial charge in [0.05, 0.1) is 23.3 Å². The summed E-state index contributed by atoms with van der Waals surface area (Å²) in [5.41, 5.74) is 1.26. The molecule has 132 valence electrons. The fourth-order valence-corrected chi connectivity index (χ4v) is 2.76. The molecule has 0 saturated carbocycles. The minimum absolute atomic E-state index is 0.133. The Labute approximate surface area is 150 Å². The molecule has 3 aromatic rings. The summed E-state index contributed by atoms with van der Waals surface area (Å²) in [7, 11) is 0. The Kier molecular flexibility index (Phi) is 5.22. The van der Waals surface area contributed by atoms with Crippen molar-refractivity contribution < 1.29 is 9.59 Å². The van der Waals surface area contributed by atoms with Crippen molar-refractivity contribution in [2.45, 2.75) is 25.9 Å². The zero-order chi connectivity index (χ0) is 18.5. The average Bonchev–Trinajstić information content (AvgIpc) is 2.64. The lowest BCUT2D eigenvalue weighted by Gasteiger charge is -2.16. The molecule has 26 heavy (non-hydrogen) atoms. The predicted octanol–water partition coefficient (Wildman–Crippen LogP) is 1.71. The molecule has 0 unspecified atom stereocenters. The van der Waals surface area contributed by atoms with E-state index in [2.05, 4.69) is 10.3 Å². The highest BCUT2D eigenvalue weighted by atomic mass is 16.2. The molecule has 0 aliphatic carbocycles. The third kappa shape index (κ3) is 4.03. The van der Waals surface area contributed by atoms with Crippen LogP contribution in [0.5, 0.6) is 0 Å². The molecule has 0 saturated heterocycles. The summed E-state index contributed by atoms with van der Waals surface area (Å²) >= 11 is 0. The number of hydrogen-bond donors (Lipinski definition) is 1. The number of Topliss-reactive ketones (excluding diaryl/α,β-unsaturated/α-hetero) is 1. The standard InChI is InChI=1S/C20H19N3O3/c1-14(24)18(11-15-7-3-2-4-8-15)22-19(25)12-23-13-21-17-10-6-5-9-16(17)20(23)26/h2-10,13,18H,11-12H2,1H3,(H,22,25)/t18-/m0/s1. The number of nitrogens with one attached hydrogen (secondary N) is 1. The van der Waals surface area contributed by atoms with Crippen LogP contribution in [-0.4, -0.2) is 27.3 Å². The molecule has 1 atom stereocenters. The van der Waals surface area contributed by atoms with Gasteiger partial charge in [-0.05, 0) is 31.0 Å². The zero-order valence-electron chi connectivity index (χ0n) is 14.4. The van der Waals surface area contributed by atoms with Gasteiger partial charge in [0.25, 0.3) is 5.56 Å². The van der Waals surface area contributed by atoms with Gasteiger partial charge in [-0.2, -0.15) is 0 Å². The van der Waals surface area contributed by atoms with Gasteiger partial charge >= 0.3 is 0 Å². The van der Waals surface area contributed by atoms with E-state index in [1.165, 1.54) is 17.8 Å². The van der Waals surface area contributed by atoms with Crippen LogP contribution in [0.3, 0.4) is 0 Å². The third-order valence-corrected chi connectivity index (χ3v) is 4.15. The third-order valence-electron chi connectivity index (χ3n) is 4.15. The van der Waals surface area contributed by atoms with Crippen molar-refractivity contribution in [3.05, 3.63) is 76.8 Å². The molecule has 1 aromatic heterocycles. The number of nitrogens with zero attached hydrogens (tertiary/aromatic N) is 2. The highest BCUT2D eigenvalue weighted by Gasteiger charge is 2.18. The molecule has 0 radical (unpaired) electrons. The summed E-state index contributed by atoms with van der Waals surface area (Å²) in [4.78, 5) is 40.9. The van der Waals surface area contributed by atoms with Crippen molar-refractivity contribution in [3.8, 4) is 0 Å². The molecule has 0 spiro atoms. The number of para-hydroxylation sites is 1. The number of hydrogen-bond acceptors (Lipinski definition) is 4. The minimum atomic E-state index is -0.631. The van der Waals surface area contributed by atoms with Crippen molar-refractivity contribution in [1.29, 1.82) is 0 Å². The first-order valence-electron chi connectivity index (χ1n) is 8.32. The molecular formula is C20H19N3O3. The normalized spacial score (nSPS) is 11.9. The first-order valence-corrected chi connectivity index (χ1v) is 8.32. The smallest absolute Gasteiger partial charge is 0.261 e. The Morgan fingerprint density at radius 1 is 1.08 bits per heavy atom. The predicted molar refractivity (Wildman–Crippen MR) is 98.8 cm³/mol. The van der Waals surface area contributed by atoms with Gasteiger partial charge in [-0.1, -0.05) is 42.5 Å². The molecular weight excluding hydrogens is 330 g/mol. The van der Waals surface area contributed by atoms with E-state index in [-0.39, 0.29) is 17.9 Å². The number of benzene rings is 2. The summed E-state index contributed by atoms with van der Waals surface area (Å²) in [5, 5.41) is 3.17. The number of amides is 1. The molecule has 6 nitrogen and oxygen atoms in total. The van der Waals surface area contributed by atoms with Crippen LogP contribution in [0.15, 0.2) is 65.7 Å². The quantitative estimate of drug-likeness (QED) is 0.735. The van der Waals surface area contributed by atoms with Crippen LogP contribution < -0.4 is 10.9 Å². The van der Waals surface area contributed by atoms with E-state index in [9.17, 15) is 14.4 Å². The molecule has 0 fully saturated rings. The van der Waals surface area contributed by atoms with Crippen LogP contribution in [0.4, 0.5) is 0 Å². The van der Waals surface area contributed by atoms with Gasteiger partial charge in [-0.25, -0.2) is 4.98 Å². The first-order chi connectivity index (χ1) is 12.5. The molecule has 0 bridgehead atoms. The first kappa shape index (κ1) is 17.5. The van der Waals surface area contributed by atoms with Crippen LogP contribution in [0, 0.1) is 0 Å². The van der Waals surface area contributed by atoms with E-state index in [1.54, 1.807) is 24.3 Å². The van der Waals surface area contributed by atoms with Gasteiger partial charge in [0, 0.05) is 0 Å². The van der Waals surface area contributed by atoms with Gasteiger partial charge in [0.2, 0.25) is 5.91 Å². The van der Waals surface area contributed by atoms with Gasteiger partial charge in [0.1, 0.15) is 6.54 Å². The maximum atomic E-state index is 12.5. The lowest BCUT2D eigenvalue weighted by molar-refractivity contribution is -0.127. The molecule has 6 heteroatoms. The zero-order valence-corrected chi connectivity index (χ0v) is 14.4.